The molecule has 9 heteroatoms. The molecule has 168 valence electrons. The van der Waals surface area contributed by atoms with Crippen molar-refractivity contribution in [3.05, 3.63) is 41.3 Å². The maximum Gasteiger partial charge on any atom is 0.254 e. The summed E-state index contributed by atoms with van der Waals surface area (Å²) in [6, 6.07) is 9.34. The van der Waals surface area contributed by atoms with Crippen LogP contribution in [-0.4, -0.2) is 69.9 Å². The second kappa shape index (κ2) is 9.18. The summed E-state index contributed by atoms with van der Waals surface area (Å²) >= 11 is 1.14. The molecule has 0 aliphatic carbocycles. The van der Waals surface area contributed by atoms with E-state index in [-0.39, 0.29) is 10.1 Å². The van der Waals surface area contributed by atoms with Gasteiger partial charge in [-0.1, -0.05) is 13.0 Å². The molecule has 1 aromatic carbocycles. The molecule has 0 saturated carbocycles. The van der Waals surface area contributed by atoms with Crippen LogP contribution in [0.2, 0.25) is 0 Å². The lowest BCUT2D eigenvalue weighted by Gasteiger charge is -2.35. The summed E-state index contributed by atoms with van der Waals surface area (Å²) in [5.74, 6) is 1.36. The summed E-state index contributed by atoms with van der Waals surface area (Å²) in [4.78, 5) is 16.8. The molecule has 0 bridgehead atoms. The molecule has 0 atom stereocenters. The van der Waals surface area contributed by atoms with E-state index in [0.29, 0.717) is 37.7 Å². The minimum Gasteiger partial charge on any atom is -0.497 e. The number of ether oxygens (including phenoxy) is 1. The number of likely N-dealkylation sites (tertiary alicyclic amines) is 1. The number of piperazine rings is 1. The van der Waals surface area contributed by atoms with Gasteiger partial charge in [0.1, 0.15) is 9.96 Å². The number of nitrogens with zero attached hydrogens (tertiary/aromatic N) is 3. The predicted molar refractivity (Wildman–Crippen MR) is 123 cm³/mol. The molecule has 3 heterocycles. The number of methoxy groups -OCH3 is 1. The van der Waals surface area contributed by atoms with E-state index >= 15 is 0 Å². The first-order chi connectivity index (χ1) is 14.9. The topological polar surface area (TPSA) is 70.2 Å². The smallest absolute Gasteiger partial charge is 0.254 e. The number of hydrogen-bond donors (Lipinski definition) is 0. The van der Waals surface area contributed by atoms with Crippen molar-refractivity contribution in [2.45, 2.75) is 24.0 Å². The third-order valence-corrected chi connectivity index (χ3v) is 9.46. The van der Waals surface area contributed by atoms with E-state index in [4.69, 9.17) is 4.74 Å². The average Bonchev–Trinajstić information content (AvgIpc) is 3.30. The van der Waals surface area contributed by atoms with Crippen LogP contribution in [0.5, 0.6) is 5.75 Å². The van der Waals surface area contributed by atoms with Gasteiger partial charge in [-0.05, 0) is 37.0 Å². The van der Waals surface area contributed by atoms with Crippen molar-refractivity contribution >= 4 is 33.0 Å². The number of piperidine rings is 1. The van der Waals surface area contributed by atoms with Gasteiger partial charge in [0.25, 0.3) is 15.9 Å². The highest BCUT2D eigenvalue weighted by molar-refractivity contribution is 7.91. The van der Waals surface area contributed by atoms with Crippen molar-refractivity contribution in [3.63, 3.8) is 0 Å². The number of amides is 1. The molecule has 2 aliphatic rings. The van der Waals surface area contributed by atoms with Crippen LogP contribution in [0.1, 0.15) is 30.1 Å². The number of sulfonamides is 1. The molecular weight excluding hydrogens is 434 g/mol. The van der Waals surface area contributed by atoms with Crippen LogP contribution in [0.15, 0.2) is 39.9 Å². The van der Waals surface area contributed by atoms with Crippen LogP contribution >= 0.6 is 11.3 Å². The third-order valence-electron chi connectivity index (χ3n) is 6.14. The Morgan fingerprint density at radius 2 is 1.77 bits per heavy atom. The number of carbonyl (C=O) groups is 1. The molecule has 1 aromatic heterocycles. The molecule has 0 radical (unpaired) electrons. The van der Waals surface area contributed by atoms with Gasteiger partial charge in [0.2, 0.25) is 0 Å². The summed E-state index contributed by atoms with van der Waals surface area (Å²) in [6.07, 6.45) is 2.00. The Kier molecular flexibility index (Phi) is 6.55. The van der Waals surface area contributed by atoms with Gasteiger partial charge < -0.3 is 14.5 Å². The quantitative estimate of drug-likeness (QED) is 0.681. The maximum atomic E-state index is 13.2. The zero-order chi connectivity index (χ0) is 22.0. The second-order valence-corrected chi connectivity index (χ2v) is 11.3. The Balaban J connectivity index is 1.41. The minimum absolute atomic E-state index is 0.0626. The standard InChI is InChI=1S/C22H29N3O4S2/c1-17-6-8-24(9-7-17)22(26)18-14-21(30-16-18)31(27,28)25-12-10-23(11-13-25)19-4-3-5-20(15-19)29-2/h3-5,14-17H,6-13H2,1-2H3. The van der Waals surface area contributed by atoms with Crippen molar-refractivity contribution in [1.29, 1.82) is 0 Å². The molecule has 0 N–H and O–H groups in total. The third kappa shape index (κ3) is 4.73. The van der Waals surface area contributed by atoms with Gasteiger partial charge in [0.15, 0.2) is 0 Å². The van der Waals surface area contributed by atoms with E-state index in [1.807, 2.05) is 29.2 Å². The Labute approximate surface area is 188 Å². The van der Waals surface area contributed by atoms with Crippen LogP contribution in [0.25, 0.3) is 0 Å². The van der Waals surface area contributed by atoms with Gasteiger partial charge in [-0.15, -0.1) is 11.3 Å². The molecule has 7 nitrogen and oxygen atoms in total. The Morgan fingerprint density at radius 3 is 2.45 bits per heavy atom. The summed E-state index contributed by atoms with van der Waals surface area (Å²) in [5, 5.41) is 1.68. The molecular formula is C22H29N3O4S2. The van der Waals surface area contributed by atoms with Crippen LogP contribution in [0, 0.1) is 5.92 Å². The van der Waals surface area contributed by atoms with Crippen LogP contribution in [0.3, 0.4) is 0 Å². The van der Waals surface area contributed by atoms with Crippen molar-refractivity contribution in [2.75, 3.05) is 51.3 Å². The first-order valence-electron chi connectivity index (χ1n) is 10.7. The van der Waals surface area contributed by atoms with Crippen molar-refractivity contribution in [2.24, 2.45) is 5.92 Å². The number of anilines is 1. The molecule has 1 amide bonds. The van der Waals surface area contributed by atoms with Crippen molar-refractivity contribution in [3.8, 4) is 5.75 Å². The van der Waals surface area contributed by atoms with Gasteiger partial charge in [-0.3, -0.25) is 4.79 Å². The first kappa shape index (κ1) is 22.1. The Bertz CT molecular complexity index is 1020. The second-order valence-electron chi connectivity index (χ2n) is 8.22. The highest BCUT2D eigenvalue weighted by Crippen LogP contribution is 2.28. The maximum absolute atomic E-state index is 13.2. The van der Waals surface area contributed by atoms with Crippen LogP contribution in [0.4, 0.5) is 5.69 Å². The number of benzene rings is 1. The van der Waals surface area contributed by atoms with Crippen molar-refractivity contribution in [1.82, 2.24) is 9.21 Å². The molecule has 31 heavy (non-hydrogen) atoms. The number of carbonyl (C=O) groups excluding carboxylic acids is 1. The summed E-state index contributed by atoms with van der Waals surface area (Å²) in [5.41, 5.74) is 1.50. The minimum atomic E-state index is -3.60. The van der Waals surface area contributed by atoms with E-state index in [0.717, 1.165) is 48.7 Å². The fourth-order valence-electron chi connectivity index (χ4n) is 4.08. The van der Waals surface area contributed by atoms with Gasteiger partial charge in [0.05, 0.1) is 12.7 Å². The van der Waals surface area contributed by atoms with E-state index in [1.54, 1.807) is 18.6 Å². The molecule has 2 saturated heterocycles. The monoisotopic (exact) mass is 463 g/mol. The molecule has 0 unspecified atom stereocenters. The highest BCUT2D eigenvalue weighted by atomic mass is 32.2. The summed E-state index contributed by atoms with van der Waals surface area (Å²) < 4.78 is 33.4. The van der Waals surface area contributed by atoms with Crippen LogP contribution in [-0.2, 0) is 10.0 Å². The number of rotatable bonds is 5. The largest absolute Gasteiger partial charge is 0.497 e. The zero-order valence-corrected chi connectivity index (χ0v) is 19.6. The lowest BCUT2D eigenvalue weighted by Crippen LogP contribution is -2.48. The Hall–Kier alpha value is -2.10. The van der Waals surface area contributed by atoms with E-state index in [1.165, 1.54) is 4.31 Å². The SMILES string of the molecule is COc1cccc(N2CCN(S(=O)(=O)c3cc(C(=O)N4CCC(C)CC4)cs3)CC2)c1. The zero-order valence-electron chi connectivity index (χ0n) is 18.0. The molecule has 2 aliphatic heterocycles. The lowest BCUT2D eigenvalue weighted by molar-refractivity contribution is 0.0697. The molecule has 4 rings (SSSR count). The van der Waals surface area contributed by atoms with Gasteiger partial charge in [-0.25, -0.2) is 8.42 Å². The van der Waals surface area contributed by atoms with Gasteiger partial charge in [0, 0.05) is 56.4 Å². The Morgan fingerprint density at radius 1 is 1.06 bits per heavy atom. The van der Waals surface area contributed by atoms with E-state index < -0.39 is 10.0 Å². The normalized spacial score (nSPS) is 18.9. The number of thiophene rings is 1. The first-order valence-corrected chi connectivity index (χ1v) is 13.0. The van der Waals surface area contributed by atoms with E-state index in [2.05, 4.69) is 11.8 Å². The molecule has 0 spiro atoms. The fourth-order valence-corrected chi connectivity index (χ4v) is 6.81. The van der Waals surface area contributed by atoms with Gasteiger partial charge >= 0.3 is 0 Å². The molecule has 2 fully saturated rings. The van der Waals surface area contributed by atoms with Gasteiger partial charge in [-0.2, -0.15) is 4.31 Å². The van der Waals surface area contributed by atoms with Crippen molar-refractivity contribution < 1.29 is 17.9 Å². The van der Waals surface area contributed by atoms with E-state index in [9.17, 15) is 13.2 Å². The van der Waals surface area contributed by atoms with Crippen LogP contribution < -0.4 is 9.64 Å². The number of hydrogen-bond acceptors (Lipinski definition) is 6. The highest BCUT2D eigenvalue weighted by Gasteiger charge is 2.31. The summed E-state index contributed by atoms with van der Waals surface area (Å²) in [6.45, 7) is 5.71. The summed E-state index contributed by atoms with van der Waals surface area (Å²) in [7, 11) is -1.97. The lowest BCUT2D eigenvalue weighted by atomic mass is 9.99. The predicted octanol–water partition coefficient (Wildman–Crippen LogP) is 3.14. The average molecular weight is 464 g/mol. The fraction of sp³-hybridized carbons (Fsp3) is 0.500. The molecule has 2 aromatic rings.